The van der Waals surface area contributed by atoms with Crippen molar-refractivity contribution in [3.63, 3.8) is 0 Å². The first-order chi connectivity index (χ1) is 15.4. The van der Waals surface area contributed by atoms with Crippen molar-refractivity contribution < 1.29 is 14.3 Å². The second-order valence-corrected chi connectivity index (χ2v) is 9.66. The molecule has 168 valence electrons. The molecule has 6 nitrogen and oxygen atoms in total. The number of ether oxygens (including phenoxy) is 1. The number of nitrogens with one attached hydrogen (secondary N) is 1. The number of aliphatic imine (C=N–C) groups is 1. The molecule has 0 radical (unpaired) electrons. The molecule has 0 aromatic heterocycles. The maximum absolute atomic E-state index is 13.3. The predicted octanol–water partition coefficient (Wildman–Crippen LogP) is 4.75. The highest BCUT2D eigenvalue weighted by molar-refractivity contribution is 8.15. The third-order valence-corrected chi connectivity index (χ3v) is 6.88. The van der Waals surface area contributed by atoms with E-state index in [1.54, 1.807) is 4.90 Å². The van der Waals surface area contributed by atoms with Gasteiger partial charge in [-0.05, 0) is 57.4 Å². The number of rotatable bonds is 6. The first-order valence-electron chi connectivity index (χ1n) is 11.0. The van der Waals surface area contributed by atoms with Gasteiger partial charge in [0, 0.05) is 18.7 Å². The molecule has 2 heterocycles. The molecule has 32 heavy (non-hydrogen) atoms. The Hall–Kier alpha value is -2.64. The van der Waals surface area contributed by atoms with Gasteiger partial charge in [-0.2, -0.15) is 0 Å². The first kappa shape index (κ1) is 22.6. The van der Waals surface area contributed by atoms with Gasteiger partial charge in [0.15, 0.2) is 5.17 Å². The highest BCUT2D eigenvalue weighted by Crippen LogP contribution is 2.34. The smallest absolute Gasteiger partial charge is 0.242 e. The number of anilines is 1. The SMILES string of the molecule is Cc1ccc(NC(=O)CC2SC(=Nc3ccc(C)cc3C)N(CC3CCCO3)C2=O)cc1. The van der Waals surface area contributed by atoms with Crippen LogP contribution in [0.3, 0.4) is 0 Å². The van der Waals surface area contributed by atoms with Gasteiger partial charge in [-0.1, -0.05) is 47.2 Å². The van der Waals surface area contributed by atoms with Gasteiger partial charge in [0.1, 0.15) is 5.25 Å². The lowest BCUT2D eigenvalue weighted by Gasteiger charge is -2.20. The van der Waals surface area contributed by atoms with E-state index in [1.807, 2.05) is 57.2 Å². The molecule has 2 unspecified atom stereocenters. The third kappa shape index (κ3) is 5.40. The highest BCUT2D eigenvalue weighted by atomic mass is 32.2. The summed E-state index contributed by atoms with van der Waals surface area (Å²) in [5, 5.41) is 3.05. The van der Waals surface area contributed by atoms with Gasteiger partial charge < -0.3 is 10.1 Å². The molecule has 2 aromatic rings. The minimum absolute atomic E-state index is 0.0176. The van der Waals surface area contributed by atoms with Crippen LogP contribution in [0.15, 0.2) is 47.5 Å². The summed E-state index contributed by atoms with van der Waals surface area (Å²) in [5.74, 6) is -0.252. The van der Waals surface area contributed by atoms with Gasteiger partial charge in [0.2, 0.25) is 11.8 Å². The summed E-state index contributed by atoms with van der Waals surface area (Å²) < 4.78 is 5.77. The number of hydrogen-bond acceptors (Lipinski definition) is 5. The normalized spacial score (nSPS) is 22.0. The summed E-state index contributed by atoms with van der Waals surface area (Å²) in [6.45, 7) is 7.27. The van der Waals surface area contributed by atoms with Gasteiger partial charge in [0.05, 0.1) is 18.3 Å². The van der Waals surface area contributed by atoms with E-state index in [9.17, 15) is 9.59 Å². The Balaban J connectivity index is 1.51. The zero-order chi connectivity index (χ0) is 22.7. The molecule has 0 aliphatic carbocycles. The van der Waals surface area contributed by atoms with Crippen LogP contribution in [-0.2, 0) is 14.3 Å². The van der Waals surface area contributed by atoms with Gasteiger partial charge in [-0.3, -0.25) is 14.5 Å². The quantitative estimate of drug-likeness (QED) is 0.688. The lowest BCUT2D eigenvalue weighted by atomic mass is 10.1. The Bertz CT molecular complexity index is 1030. The van der Waals surface area contributed by atoms with Crippen LogP contribution < -0.4 is 5.32 Å². The van der Waals surface area contributed by atoms with Crippen molar-refractivity contribution in [3.8, 4) is 0 Å². The molecular weight excluding hydrogens is 422 g/mol. The van der Waals surface area contributed by atoms with Crippen LogP contribution in [0, 0.1) is 20.8 Å². The fourth-order valence-corrected chi connectivity index (χ4v) is 5.10. The van der Waals surface area contributed by atoms with Crippen LogP contribution >= 0.6 is 11.8 Å². The van der Waals surface area contributed by atoms with Crippen molar-refractivity contribution in [3.05, 3.63) is 59.2 Å². The van der Waals surface area contributed by atoms with E-state index in [1.165, 1.54) is 17.3 Å². The molecule has 2 aliphatic rings. The molecule has 2 aliphatic heterocycles. The van der Waals surface area contributed by atoms with Crippen molar-refractivity contribution in [1.82, 2.24) is 4.90 Å². The average Bonchev–Trinajstić information content (AvgIpc) is 3.36. The zero-order valence-electron chi connectivity index (χ0n) is 18.8. The summed E-state index contributed by atoms with van der Waals surface area (Å²) in [6.07, 6.45) is 2.06. The maximum atomic E-state index is 13.3. The van der Waals surface area contributed by atoms with Gasteiger partial charge in [-0.15, -0.1) is 0 Å². The molecule has 2 amide bonds. The Labute approximate surface area is 193 Å². The number of carbonyl (C=O) groups is 2. The van der Waals surface area contributed by atoms with E-state index >= 15 is 0 Å². The van der Waals surface area contributed by atoms with Crippen molar-refractivity contribution in [2.24, 2.45) is 4.99 Å². The van der Waals surface area contributed by atoms with Crippen LogP contribution in [0.4, 0.5) is 11.4 Å². The van der Waals surface area contributed by atoms with Crippen molar-refractivity contribution in [1.29, 1.82) is 0 Å². The second kappa shape index (κ2) is 9.88. The van der Waals surface area contributed by atoms with Crippen LogP contribution in [0.1, 0.15) is 36.0 Å². The Kier molecular flexibility index (Phi) is 6.96. The Morgan fingerprint density at radius 1 is 1.16 bits per heavy atom. The summed E-state index contributed by atoms with van der Waals surface area (Å²) >= 11 is 1.37. The molecule has 2 fully saturated rings. The molecular formula is C25H29N3O3S. The largest absolute Gasteiger partial charge is 0.376 e. The topological polar surface area (TPSA) is 71.0 Å². The predicted molar refractivity (Wildman–Crippen MR) is 130 cm³/mol. The molecule has 0 bridgehead atoms. The fraction of sp³-hybridized carbons (Fsp3) is 0.400. The average molecular weight is 452 g/mol. The Morgan fingerprint density at radius 2 is 1.91 bits per heavy atom. The lowest BCUT2D eigenvalue weighted by molar-refractivity contribution is -0.129. The lowest BCUT2D eigenvalue weighted by Crippen LogP contribution is -2.38. The number of amidine groups is 1. The molecule has 2 aromatic carbocycles. The van der Waals surface area contributed by atoms with E-state index in [2.05, 4.69) is 11.4 Å². The van der Waals surface area contributed by atoms with Crippen molar-refractivity contribution in [2.45, 2.75) is 51.4 Å². The standard InChI is InChI=1S/C25H29N3O3S/c1-16-6-9-19(10-7-16)26-23(29)14-22-24(30)28(15-20-5-4-12-31-20)25(32-22)27-21-11-8-17(2)13-18(21)3/h6-11,13,20,22H,4-5,12,14-15H2,1-3H3,(H,26,29). The van der Waals surface area contributed by atoms with E-state index in [0.717, 1.165) is 42.0 Å². The first-order valence-corrected chi connectivity index (χ1v) is 11.9. The molecule has 0 spiro atoms. The zero-order valence-corrected chi connectivity index (χ0v) is 19.6. The van der Waals surface area contributed by atoms with Crippen molar-refractivity contribution in [2.75, 3.05) is 18.5 Å². The Morgan fingerprint density at radius 3 is 2.59 bits per heavy atom. The number of aryl methyl sites for hydroxylation is 3. The van der Waals surface area contributed by atoms with Crippen molar-refractivity contribution >= 4 is 40.1 Å². The number of amides is 2. The summed E-state index contributed by atoms with van der Waals surface area (Å²) in [4.78, 5) is 32.4. The van der Waals surface area contributed by atoms with E-state index < -0.39 is 5.25 Å². The number of nitrogens with zero attached hydrogens (tertiary/aromatic N) is 2. The van der Waals surface area contributed by atoms with Crippen LogP contribution in [0.2, 0.25) is 0 Å². The third-order valence-electron chi connectivity index (χ3n) is 5.70. The maximum Gasteiger partial charge on any atom is 0.242 e. The van der Waals surface area contributed by atoms with Crippen LogP contribution in [0.25, 0.3) is 0 Å². The minimum Gasteiger partial charge on any atom is -0.376 e. The molecule has 1 N–H and O–H groups in total. The summed E-state index contributed by atoms with van der Waals surface area (Å²) in [5.41, 5.74) is 4.93. The van der Waals surface area contributed by atoms with E-state index in [-0.39, 0.29) is 24.3 Å². The monoisotopic (exact) mass is 451 g/mol. The van der Waals surface area contributed by atoms with Gasteiger partial charge >= 0.3 is 0 Å². The fourth-order valence-electron chi connectivity index (χ4n) is 3.94. The number of hydrogen-bond donors (Lipinski definition) is 1. The van der Waals surface area contributed by atoms with Gasteiger partial charge in [0.25, 0.3) is 0 Å². The van der Waals surface area contributed by atoms with E-state index in [4.69, 9.17) is 9.73 Å². The molecule has 2 atom stereocenters. The molecule has 7 heteroatoms. The summed E-state index contributed by atoms with van der Waals surface area (Å²) in [7, 11) is 0. The molecule has 4 rings (SSSR count). The summed E-state index contributed by atoms with van der Waals surface area (Å²) in [6, 6.07) is 13.7. The van der Waals surface area contributed by atoms with Gasteiger partial charge in [-0.25, -0.2) is 4.99 Å². The second-order valence-electron chi connectivity index (χ2n) is 8.49. The van der Waals surface area contributed by atoms with Crippen LogP contribution in [-0.4, -0.2) is 46.4 Å². The molecule has 2 saturated heterocycles. The minimum atomic E-state index is -0.494. The highest BCUT2D eigenvalue weighted by Gasteiger charge is 2.40. The number of benzene rings is 2. The van der Waals surface area contributed by atoms with Crippen LogP contribution in [0.5, 0.6) is 0 Å². The van der Waals surface area contributed by atoms with E-state index in [0.29, 0.717) is 11.7 Å². The number of thioether (sulfide) groups is 1. The molecule has 0 saturated carbocycles. The number of carbonyl (C=O) groups excluding carboxylic acids is 2.